The van der Waals surface area contributed by atoms with Gasteiger partial charge in [-0.05, 0) is 47.0 Å². The minimum atomic E-state index is -4.66. The molecule has 6 heteroatoms. The Kier molecular flexibility index (Phi) is 4.04. The van der Waals surface area contributed by atoms with Gasteiger partial charge in [-0.2, -0.15) is 0 Å². The predicted octanol–water partition coefficient (Wildman–Crippen LogP) is 4.70. The molecule has 1 aliphatic carbocycles. The maximum atomic E-state index is 12.1. The number of hydrogen-bond donors (Lipinski definition) is 1. The van der Waals surface area contributed by atoms with E-state index in [-0.39, 0.29) is 5.75 Å². The highest BCUT2D eigenvalue weighted by molar-refractivity contribution is 9.10. The summed E-state index contributed by atoms with van der Waals surface area (Å²) in [4.78, 5) is 0. The van der Waals surface area contributed by atoms with E-state index in [1.165, 1.54) is 18.9 Å². The third kappa shape index (κ3) is 3.80. The molecule has 1 aliphatic rings. The van der Waals surface area contributed by atoms with Gasteiger partial charge in [-0.3, -0.25) is 0 Å². The van der Waals surface area contributed by atoms with E-state index in [1.54, 1.807) is 12.1 Å². The van der Waals surface area contributed by atoms with Gasteiger partial charge in [0.25, 0.3) is 0 Å². The van der Waals surface area contributed by atoms with Crippen LogP contribution in [0.5, 0.6) is 5.75 Å². The Labute approximate surface area is 112 Å². The van der Waals surface area contributed by atoms with Gasteiger partial charge in [0.1, 0.15) is 5.75 Å². The molecule has 18 heavy (non-hydrogen) atoms. The zero-order valence-electron chi connectivity index (χ0n) is 9.56. The molecule has 0 radical (unpaired) electrons. The summed E-state index contributed by atoms with van der Waals surface area (Å²) < 4.78 is 40.4. The molecule has 0 aromatic heterocycles. The standard InChI is InChI=1S/C12H13BrF3NO/c13-10-7-9(17-8-3-1-2-4-8)5-6-11(10)18-12(14,15)16/h5-8,17H,1-4H2. The van der Waals surface area contributed by atoms with E-state index in [0.29, 0.717) is 10.5 Å². The Hall–Kier alpha value is -0.910. The van der Waals surface area contributed by atoms with Crippen LogP contribution in [0.3, 0.4) is 0 Å². The van der Waals surface area contributed by atoms with Gasteiger partial charge >= 0.3 is 6.36 Å². The Morgan fingerprint density at radius 2 is 1.89 bits per heavy atom. The van der Waals surface area contributed by atoms with Crippen LogP contribution >= 0.6 is 15.9 Å². The van der Waals surface area contributed by atoms with Crippen LogP contribution in [0.4, 0.5) is 18.9 Å². The summed E-state index contributed by atoms with van der Waals surface area (Å²) in [6.45, 7) is 0. The third-order valence-electron chi connectivity index (χ3n) is 2.88. The Balaban J connectivity index is 2.04. The number of alkyl halides is 3. The summed E-state index contributed by atoms with van der Waals surface area (Å²) in [5, 5.41) is 3.30. The van der Waals surface area contributed by atoms with Crippen LogP contribution in [0.1, 0.15) is 25.7 Å². The van der Waals surface area contributed by atoms with Crippen molar-refractivity contribution in [2.45, 2.75) is 38.1 Å². The summed E-state index contributed by atoms with van der Waals surface area (Å²) in [7, 11) is 0. The van der Waals surface area contributed by atoms with Gasteiger partial charge < -0.3 is 10.1 Å². The summed E-state index contributed by atoms with van der Waals surface area (Å²) in [5.74, 6) is -0.223. The van der Waals surface area contributed by atoms with Crippen LogP contribution < -0.4 is 10.1 Å². The van der Waals surface area contributed by atoms with E-state index in [9.17, 15) is 13.2 Å². The van der Waals surface area contributed by atoms with Gasteiger partial charge in [0.05, 0.1) is 4.47 Å². The maximum Gasteiger partial charge on any atom is 0.573 e. The van der Waals surface area contributed by atoms with Crippen molar-refractivity contribution in [3.63, 3.8) is 0 Å². The number of nitrogens with one attached hydrogen (secondary N) is 1. The quantitative estimate of drug-likeness (QED) is 0.870. The predicted molar refractivity (Wildman–Crippen MR) is 66.7 cm³/mol. The van der Waals surface area contributed by atoms with Crippen molar-refractivity contribution in [1.29, 1.82) is 0 Å². The molecule has 0 bridgehead atoms. The number of benzene rings is 1. The van der Waals surface area contributed by atoms with Crippen molar-refractivity contribution in [2.75, 3.05) is 5.32 Å². The molecular weight excluding hydrogens is 311 g/mol. The highest BCUT2D eigenvalue weighted by Gasteiger charge is 2.32. The van der Waals surface area contributed by atoms with Crippen LogP contribution in [-0.2, 0) is 0 Å². The van der Waals surface area contributed by atoms with Gasteiger partial charge in [0.15, 0.2) is 0 Å². The van der Waals surface area contributed by atoms with Crippen LogP contribution in [0.2, 0.25) is 0 Å². The minimum absolute atomic E-state index is 0.223. The SMILES string of the molecule is FC(F)(F)Oc1ccc(NC2CCCC2)cc1Br. The number of hydrogen-bond acceptors (Lipinski definition) is 2. The molecule has 1 N–H and O–H groups in total. The zero-order valence-corrected chi connectivity index (χ0v) is 11.1. The highest BCUT2D eigenvalue weighted by Crippen LogP contribution is 2.33. The molecule has 0 spiro atoms. The zero-order chi connectivity index (χ0) is 13.2. The number of halogens is 4. The largest absolute Gasteiger partial charge is 0.573 e. The third-order valence-corrected chi connectivity index (χ3v) is 3.50. The molecule has 0 amide bonds. The lowest BCUT2D eigenvalue weighted by molar-refractivity contribution is -0.274. The highest BCUT2D eigenvalue weighted by atomic mass is 79.9. The summed E-state index contributed by atoms with van der Waals surface area (Å²) >= 11 is 3.08. The second-order valence-corrected chi connectivity index (χ2v) is 5.17. The molecule has 0 unspecified atom stereocenters. The van der Waals surface area contributed by atoms with E-state index in [0.717, 1.165) is 18.5 Å². The molecule has 0 aliphatic heterocycles. The first-order valence-electron chi connectivity index (χ1n) is 5.76. The molecule has 0 atom stereocenters. The first kappa shape index (κ1) is 13.5. The van der Waals surface area contributed by atoms with Gasteiger partial charge in [-0.1, -0.05) is 12.8 Å². The molecule has 1 aromatic carbocycles. The second kappa shape index (κ2) is 5.38. The Morgan fingerprint density at radius 3 is 2.44 bits per heavy atom. The van der Waals surface area contributed by atoms with Crippen molar-refractivity contribution in [3.8, 4) is 5.75 Å². The molecule has 1 saturated carbocycles. The number of ether oxygens (including phenoxy) is 1. The first-order chi connectivity index (χ1) is 8.44. The summed E-state index contributed by atoms with van der Waals surface area (Å²) in [5.41, 5.74) is 0.809. The fourth-order valence-corrected chi connectivity index (χ4v) is 2.56. The van der Waals surface area contributed by atoms with Crippen molar-refractivity contribution < 1.29 is 17.9 Å². The molecule has 1 fully saturated rings. The van der Waals surface area contributed by atoms with Crippen molar-refractivity contribution in [1.82, 2.24) is 0 Å². The van der Waals surface area contributed by atoms with Crippen LogP contribution in [0, 0.1) is 0 Å². The maximum absolute atomic E-state index is 12.1. The lowest BCUT2D eigenvalue weighted by Gasteiger charge is -2.15. The van der Waals surface area contributed by atoms with Crippen LogP contribution in [0.25, 0.3) is 0 Å². The van der Waals surface area contributed by atoms with Crippen molar-refractivity contribution in [3.05, 3.63) is 22.7 Å². The smallest absolute Gasteiger partial charge is 0.405 e. The molecule has 1 aromatic rings. The molecule has 2 rings (SSSR count). The molecule has 2 nitrogen and oxygen atoms in total. The fourth-order valence-electron chi connectivity index (χ4n) is 2.10. The van der Waals surface area contributed by atoms with Gasteiger partial charge in [0.2, 0.25) is 0 Å². The molecule has 0 heterocycles. The van der Waals surface area contributed by atoms with Crippen LogP contribution in [-0.4, -0.2) is 12.4 Å². The van der Waals surface area contributed by atoms with E-state index < -0.39 is 6.36 Å². The molecule has 100 valence electrons. The minimum Gasteiger partial charge on any atom is -0.405 e. The van der Waals surface area contributed by atoms with Gasteiger partial charge in [-0.15, -0.1) is 13.2 Å². The summed E-state index contributed by atoms with van der Waals surface area (Å²) in [6, 6.07) is 4.95. The normalized spacial score (nSPS) is 16.9. The Morgan fingerprint density at radius 1 is 1.22 bits per heavy atom. The Bertz CT molecular complexity index is 416. The molecule has 0 saturated heterocycles. The summed E-state index contributed by atoms with van der Waals surface area (Å²) in [6.07, 6.45) is -0.0397. The first-order valence-corrected chi connectivity index (χ1v) is 6.55. The second-order valence-electron chi connectivity index (χ2n) is 4.32. The molecular formula is C12H13BrF3NO. The van der Waals surface area contributed by atoms with E-state index in [4.69, 9.17) is 0 Å². The van der Waals surface area contributed by atoms with Crippen LogP contribution in [0.15, 0.2) is 22.7 Å². The topological polar surface area (TPSA) is 21.3 Å². The van der Waals surface area contributed by atoms with Crippen molar-refractivity contribution >= 4 is 21.6 Å². The average Bonchev–Trinajstić information content (AvgIpc) is 2.73. The van der Waals surface area contributed by atoms with E-state index in [2.05, 4.69) is 26.0 Å². The number of rotatable bonds is 3. The fraction of sp³-hybridized carbons (Fsp3) is 0.500. The van der Waals surface area contributed by atoms with E-state index >= 15 is 0 Å². The monoisotopic (exact) mass is 323 g/mol. The van der Waals surface area contributed by atoms with Gasteiger partial charge in [0, 0.05) is 11.7 Å². The number of anilines is 1. The van der Waals surface area contributed by atoms with Crippen molar-refractivity contribution in [2.24, 2.45) is 0 Å². The average molecular weight is 324 g/mol. The van der Waals surface area contributed by atoms with Gasteiger partial charge in [-0.25, -0.2) is 0 Å². The lowest BCUT2D eigenvalue weighted by atomic mass is 10.2. The van der Waals surface area contributed by atoms with E-state index in [1.807, 2.05) is 0 Å². The lowest BCUT2D eigenvalue weighted by Crippen LogP contribution is -2.18.